The zero-order valence-electron chi connectivity index (χ0n) is 22.8. The highest BCUT2D eigenvalue weighted by Crippen LogP contribution is 2.41. The highest BCUT2D eigenvalue weighted by molar-refractivity contribution is 6.06. The van der Waals surface area contributed by atoms with Crippen molar-refractivity contribution in [2.24, 2.45) is 10.2 Å². The Morgan fingerprint density at radius 1 is 0.438 bits per heavy atom. The molecule has 0 aliphatic heterocycles. The van der Waals surface area contributed by atoms with E-state index < -0.39 is 0 Å². The zero-order valence-corrected chi connectivity index (χ0v) is 22.8. The van der Waals surface area contributed by atoms with Crippen molar-refractivity contribution >= 4 is 11.4 Å². The molecule has 0 saturated carbocycles. The third-order valence-corrected chi connectivity index (χ3v) is 6.92. The number of nitrogens with zero attached hydrogens (tertiary/aromatic N) is 4. The van der Waals surface area contributed by atoms with Crippen LogP contribution in [-0.2, 0) is 0 Å². The molecule has 0 fully saturated rings. The molecule has 4 heteroatoms. The second-order valence-electron chi connectivity index (χ2n) is 9.57. The van der Waals surface area contributed by atoms with Gasteiger partial charge in [0.25, 0.3) is 0 Å². The van der Waals surface area contributed by atoms with E-state index in [4.69, 9.17) is 10.2 Å². The molecule has 0 aliphatic carbocycles. The van der Waals surface area contributed by atoms with Gasteiger partial charge in [-0.05, 0) is 125 Å². The average Bonchev–Trinajstić information content (AvgIpc) is 2.66. The smallest absolute Gasteiger partial charge is 0.0652 e. The minimum atomic E-state index is 1.05. The number of hydrogen-bond acceptors (Lipinski definition) is 4. The normalized spacial score (nSPS) is 12.4. The molecule has 4 nitrogen and oxygen atoms in total. The summed E-state index contributed by atoms with van der Waals surface area (Å²) in [7, 11) is 7.92. The van der Waals surface area contributed by atoms with Gasteiger partial charge < -0.3 is 10.0 Å². The van der Waals surface area contributed by atoms with Crippen molar-refractivity contribution in [1.29, 1.82) is 0 Å². The minimum absolute atomic E-state index is 1.05. The highest BCUT2D eigenvalue weighted by atomic mass is 15.4. The van der Waals surface area contributed by atoms with Gasteiger partial charge in [0.05, 0.1) is 11.4 Å². The maximum absolute atomic E-state index is 4.76. The molecule has 0 radical (unpaired) electrons. The number of hydrazone groups is 2. The predicted molar refractivity (Wildman–Crippen MR) is 142 cm³/mol. The third kappa shape index (κ3) is 4.46. The van der Waals surface area contributed by atoms with Gasteiger partial charge in [0.15, 0.2) is 0 Å². The summed E-state index contributed by atoms with van der Waals surface area (Å²) < 4.78 is 0. The molecule has 0 amide bonds. The van der Waals surface area contributed by atoms with E-state index in [1.807, 2.05) is 38.2 Å². The second-order valence-corrected chi connectivity index (χ2v) is 9.57. The van der Waals surface area contributed by atoms with Gasteiger partial charge in [0, 0.05) is 39.3 Å². The van der Waals surface area contributed by atoms with E-state index in [9.17, 15) is 0 Å². The van der Waals surface area contributed by atoms with Gasteiger partial charge in [-0.2, -0.15) is 10.2 Å². The second kappa shape index (κ2) is 9.48. The first-order chi connectivity index (χ1) is 14.7. The lowest BCUT2D eigenvalue weighted by atomic mass is 9.78. The number of rotatable bonds is 5. The molecule has 2 aromatic carbocycles. The van der Waals surface area contributed by atoms with Crippen LogP contribution in [-0.4, -0.2) is 49.6 Å². The van der Waals surface area contributed by atoms with E-state index in [0.29, 0.717) is 0 Å². The maximum Gasteiger partial charge on any atom is 0.0652 e. The van der Waals surface area contributed by atoms with Crippen molar-refractivity contribution in [3.63, 3.8) is 0 Å². The molecule has 0 unspecified atom stereocenters. The van der Waals surface area contributed by atoms with Gasteiger partial charge in [-0.25, -0.2) is 0 Å². The van der Waals surface area contributed by atoms with E-state index >= 15 is 0 Å². The Hall–Kier alpha value is -2.62. The summed E-state index contributed by atoms with van der Waals surface area (Å²) in [5.41, 5.74) is 17.9. The van der Waals surface area contributed by atoms with Crippen molar-refractivity contribution in [3.8, 4) is 11.1 Å². The molecule has 174 valence electrons. The first-order valence-electron chi connectivity index (χ1n) is 11.4. The van der Waals surface area contributed by atoms with Gasteiger partial charge in [-0.1, -0.05) is 0 Å². The molecule has 32 heavy (non-hydrogen) atoms. The van der Waals surface area contributed by atoms with Crippen LogP contribution in [0.5, 0.6) is 0 Å². The summed E-state index contributed by atoms with van der Waals surface area (Å²) in [5, 5.41) is 13.3. The van der Waals surface area contributed by atoms with Crippen LogP contribution in [0.15, 0.2) is 10.2 Å². The van der Waals surface area contributed by atoms with Crippen molar-refractivity contribution in [3.05, 3.63) is 55.6 Å². The van der Waals surface area contributed by atoms with Crippen LogP contribution in [0, 0.1) is 55.4 Å². The number of benzene rings is 2. The summed E-state index contributed by atoms with van der Waals surface area (Å²) in [4.78, 5) is 0. The van der Waals surface area contributed by atoms with Gasteiger partial charge in [-0.15, -0.1) is 0 Å². The SMILES string of the molecule is C/C(=N\N(C)C)c1c(C)c(C)c(C)c(-c2c(C)c(C)c(C)c(/C(C)=N/N(C)C)c2C)c1C. The summed E-state index contributed by atoms with van der Waals surface area (Å²) in [6, 6.07) is 0. The highest BCUT2D eigenvalue weighted by Gasteiger charge is 2.24. The first kappa shape index (κ1) is 25.6. The van der Waals surface area contributed by atoms with Crippen LogP contribution in [0.25, 0.3) is 11.1 Å². The Morgan fingerprint density at radius 2 is 0.719 bits per heavy atom. The fourth-order valence-electron chi connectivity index (χ4n) is 5.22. The monoisotopic (exact) mass is 434 g/mol. The molecule has 0 aliphatic rings. The Bertz CT molecular complexity index is 1030. The summed E-state index contributed by atoms with van der Waals surface area (Å²) in [6.45, 7) is 22.2. The number of hydrogen-bond donors (Lipinski definition) is 0. The Balaban J connectivity index is 3.08. The molecule has 0 saturated heterocycles. The average molecular weight is 435 g/mol. The first-order valence-corrected chi connectivity index (χ1v) is 11.4. The lowest BCUT2D eigenvalue weighted by Gasteiger charge is -2.27. The van der Waals surface area contributed by atoms with Crippen LogP contribution in [0.4, 0.5) is 0 Å². The van der Waals surface area contributed by atoms with Crippen molar-refractivity contribution in [2.45, 2.75) is 69.2 Å². The zero-order chi connectivity index (χ0) is 24.7. The van der Waals surface area contributed by atoms with Crippen LogP contribution < -0.4 is 0 Å². The Labute approximate surface area is 196 Å². The summed E-state index contributed by atoms with van der Waals surface area (Å²) in [5.74, 6) is 0. The van der Waals surface area contributed by atoms with Crippen molar-refractivity contribution in [1.82, 2.24) is 10.0 Å². The van der Waals surface area contributed by atoms with E-state index in [-0.39, 0.29) is 0 Å². The van der Waals surface area contributed by atoms with Crippen LogP contribution in [0.2, 0.25) is 0 Å². The molecular formula is C28H42N4. The van der Waals surface area contributed by atoms with Gasteiger partial charge in [0.1, 0.15) is 0 Å². The van der Waals surface area contributed by atoms with Gasteiger partial charge in [-0.3, -0.25) is 0 Å². The fourth-order valence-corrected chi connectivity index (χ4v) is 5.22. The molecule has 0 bridgehead atoms. The molecule has 0 aromatic heterocycles. The molecule has 2 aromatic rings. The summed E-state index contributed by atoms with van der Waals surface area (Å²) in [6.07, 6.45) is 0. The molecule has 0 atom stereocenters. The molecule has 2 rings (SSSR count). The van der Waals surface area contributed by atoms with E-state index in [0.717, 1.165) is 11.4 Å². The van der Waals surface area contributed by atoms with Crippen molar-refractivity contribution in [2.75, 3.05) is 28.2 Å². The lowest BCUT2D eigenvalue weighted by molar-refractivity contribution is 0.437. The molecule has 0 spiro atoms. The van der Waals surface area contributed by atoms with Crippen LogP contribution >= 0.6 is 0 Å². The predicted octanol–water partition coefficient (Wildman–Crippen LogP) is 6.39. The van der Waals surface area contributed by atoms with Gasteiger partial charge >= 0.3 is 0 Å². The van der Waals surface area contributed by atoms with E-state index in [1.54, 1.807) is 0 Å². The maximum atomic E-state index is 4.76. The van der Waals surface area contributed by atoms with Gasteiger partial charge in [0.2, 0.25) is 0 Å². The van der Waals surface area contributed by atoms with Crippen LogP contribution in [0.3, 0.4) is 0 Å². The minimum Gasteiger partial charge on any atom is -0.303 e. The Kier molecular flexibility index (Phi) is 7.59. The van der Waals surface area contributed by atoms with Crippen LogP contribution in [0.1, 0.15) is 69.5 Å². The largest absolute Gasteiger partial charge is 0.303 e. The standard InChI is InChI=1S/C28H42N4/c1-15-17(3)25(23(9)29-31(11)12)21(7)27(19(15)5)28-20(6)16(2)18(4)26(22(28)8)24(10)30-32(13)14/h1-14H3/b29-23+,30-24+. The Morgan fingerprint density at radius 3 is 0.969 bits per heavy atom. The van der Waals surface area contributed by atoms with E-state index in [1.165, 1.54) is 66.8 Å². The molecule has 0 heterocycles. The lowest BCUT2D eigenvalue weighted by Crippen LogP contribution is -2.15. The summed E-state index contributed by atoms with van der Waals surface area (Å²) >= 11 is 0. The van der Waals surface area contributed by atoms with E-state index in [2.05, 4.69) is 69.2 Å². The topological polar surface area (TPSA) is 31.2 Å². The molecule has 0 N–H and O–H groups in total. The quantitative estimate of drug-likeness (QED) is 0.403. The fraction of sp³-hybridized carbons (Fsp3) is 0.500. The van der Waals surface area contributed by atoms with Crippen molar-refractivity contribution < 1.29 is 0 Å². The third-order valence-electron chi connectivity index (χ3n) is 6.92. The molecular weight excluding hydrogens is 392 g/mol.